The number of non-ortho nitro benzene ring substituents is 1. The van der Waals surface area contributed by atoms with E-state index in [1.54, 1.807) is 18.2 Å². The molecule has 0 saturated carbocycles. The smallest absolute Gasteiger partial charge is 0.316 e. The molecule has 0 radical (unpaired) electrons. The third kappa shape index (κ3) is 6.26. The summed E-state index contributed by atoms with van der Waals surface area (Å²) in [5, 5.41) is 13.6. The van der Waals surface area contributed by atoms with E-state index in [1.165, 1.54) is 12.1 Å². The molecule has 0 aliphatic carbocycles. The monoisotopic (exact) mass is 408 g/mol. The first-order valence-electron chi connectivity index (χ1n) is 7.85. The zero-order valence-electron chi connectivity index (χ0n) is 14.7. The van der Waals surface area contributed by atoms with Crippen LogP contribution in [-0.4, -0.2) is 29.2 Å². The van der Waals surface area contributed by atoms with Crippen LogP contribution in [0.1, 0.15) is 11.1 Å². The number of aryl methyl sites for hydroxylation is 2. The molecule has 142 valence electrons. The van der Waals surface area contributed by atoms with E-state index in [9.17, 15) is 19.7 Å². The second-order valence-corrected chi connectivity index (χ2v) is 7.14. The fourth-order valence-electron chi connectivity index (χ4n) is 2.24. The highest BCUT2D eigenvalue weighted by Gasteiger charge is 2.12. The summed E-state index contributed by atoms with van der Waals surface area (Å²) in [6, 6.07) is 9.42. The van der Waals surface area contributed by atoms with Gasteiger partial charge in [-0.15, -0.1) is 11.8 Å². The molecule has 0 fully saturated rings. The summed E-state index contributed by atoms with van der Waals surface area (Å²) >= 11 is 7.28. The lowest BCUT2D eigenvalue weighted by Gasteiger charge is -2.11. The molecule has 0 aliphatic heterocycles. The first-order chi connectivity index (χ1) is 12.8. The molecule has 27 heavy (non-hydrogen) atoms. The Kier molecular flexibility index (Phi) is 7.20. The van der Waals surface area contributed by atoms with Gasteiger partial charge in [-0.1, -0.05) is 17.7 Å². The molecule has 2 aromatic rings. The normalized spacial score (nSPS) is 10.3. The van der Waals surface area contributed by atoms with E-state index in [4.69, 9.17) is 16.3 Å². The van der Waals surface area contributed by atoms with E-state index in [0.717, 1.165) is 22.9 Å². The number of nitro benzene ring substituents is 1. The van der Waals surface area contributed by atoms with E-state index in [2.05, 4.69) is 5.32 Å². The Balaban J connectivity index is 1.80. The topological polar surface area (TPSA) is 98.5 Å². The molecule has 0 heterocycles. The molecule has 0 bridgehead atoms. The van der Waals surface area contributed by atoms with Crippen molar-refractivity contribution in [3.05, 3.63) is 62.7 Å². The predicted octanol–water partition coefficient (Wildman–Crippen LogP) is 4.14. The number of carbonyl (C=O) groups is 2. The third-order valence-corrected chi connectivity index (χ3v) is 4.75. The number of hydrogen-bond donors (Lipinski definition) is 1. The van der Waals surface area contributed by atoms with Crippen LogP contribution in [0.3, 0.4) is 0 Å². The summed E-state index contributed by atoms with van der Waals surface area (Å²) in [5.74, 6) is -1.08. The van der Waals surface area contributed by atoms with Crippen LogP contribution < -0.4 is 5.32 Å². The number of esters is 1. The zero-order valence-corrected chi connectivity index (χ0v) is 16.2. The lowest BCUT2D eigenvalue weighted by Crippen LogP contribution is -2.22. The number of hydrogen-bond acceptors (Lipinski definition) is 6. The van der Waals surface area contributed by atoms with E-state index in [1.807, 2.05) is 19.9 Å². The summed E-state index contributed by atoms with van der Waals surface area (Å²) in [6.07, 6.45) is 0. The minimum Gasteiger partial charge on any atom is -0.455 e. The summed E-state index contributed by atoms with van der Waals surface area (Å²) < 4.78 is 4.94. The average molecular weight is 409 g/mol. The Hall–Kier alpha value is -2.58. The van der Waals surface area contributed by atoms with Crippen molar-refractivity contribution in [2.45, 2.75) is 18.7 Å². The number of rotatable bonds is 7. The van der Waals surface area contributed by atoms with Crippen LogP contribution in [-0.2, 0) is 14.3 Å². The Bertz CT molecular complexity index is 848. The van der Waals surface area contributed by atoms with Crippen molar-refractivity contribution in [3.8, 4) is 0 Å². The van der Waals surface area contributed by atoms with Crippen molar-refractivity contribution in [1.29, 1.82) is 0 Å². The van der Waals surface area contributed by atoms with Crippen LogP contribution in [0, 0.1) is 24.0 Å². The molecule has 9 heteroatoms. The minimum atomic E-state index is -0.569. The van der Waals surface area contributed by atoms with Crippen LogP contribution in [0.2, 0.25) is 5.02 Å². The number of thioether (sulfide) groups is 1. The maximum atomic E-state index is 12.0. The molecule has 1 amide bonds. The first-order valence-corrected chi connectivity index (χ1v) is 9.22. The number of carbonyl (C=O) groups excluding carboxylic acids is 2. The van der Waals surface area contributed by atoms with E-state index in [0.29, 0.717) is 15.6 Å². The minimum absolute atomic E-state index is 0.0184. The second-order valence-electron chi connectivity index (χ2n) is 5.69. The summed E-state index contributed by atoms with van der Waals surface area (Å²) in [7, 11) is 0. The van der Waals surface area contributed by atoms with Gasteiger partial charge in [0.25, 0.3) is 11.6 Å². The van der Waals surface area contributed by atoms with Crippen molar-refractivity contribution in [2.75, 3.05) is 17.7 Å². The summed E-state index contributed by atoms with van der Waals surface area (Å²) in [5.41, 5.74) is 2.26. The Morgan fingerprint density at radius 2 is 1.89 bits per heavy atom. The number of nitrogens with one attached hydrogen (secondary N) is 1. The van der Waals surface area contributed by atoms with Crippen LogP contribution in [0.4, 0.5) is 11.4 Å². The van der Waals surface area contributed by atoms with Gasteiger partial charge in [-0.05, 0) is 43.2 Å². The van der Waals surface area contributed by atoms with Gasteiger partial charge in [-0.3, -0.25) is 19.7 Å². The SMILES string of the molecule is Cc1cc(C)c(NC(=O)COC(=O)CSc2ccc([N+](=O)[O-])cc2)c(Cl)c1. The number of anilines is 1. The van der Waals surface area contributed by atoms with Gasteiger partial charge in [0, 0.05) is 17.0 Å². The molecular weight excluding hydrogens is 392 g/mol. The van der Waals surface area contributed by atoms with E-state index < -0.39 is 23.4 Å². The van der Waals surface area contributed by atoms with Gasteiger partial charge in [-0.25, -0.2) is 0 Å². The average Bonchev–Trinajstić information content (AvgIpc) is 2.61. The number of amides is 1. The van der Waals surface area contributed by atoms with E-state index >= 15 is 0 Å². The van der Waals surface area contributed by atoms with Crippen molar-refractivity contribution in [2.24, 2.45) is 0 Å². The van der Waals surface area contributed by atoms with Gasteiger partial charge >= 0.3 is 5.97 Å². The Morgan fingerprint density at radius 1 is 1.22 bits per heavy atom. The lowest BCUT2D eigenvalue weighted by atomic mass is 10.1. The number of nitro groups is 1. The number of ether oxygens (including phenoxy) is 1. The quantitative estimate of drug-likeness (QED) is 0.320. The molecule has 0 saturated heterocycles. The summed E-state index contributed by atoms with van der Waals surface area (Å²) in [4.78, 5) is 34.5. The van der Waals surface area contributed by atoms with Gasteiger partial charge in [-0.2, -0.15) is 0 Å². The van der Waals surface area contributed by atoms with Crippen LogP contribution in [0.5, 0.6) is 0 Å². The molecule has 0 aliphatic rings. The summed E-state index contributed by atoms with van der Waals surface area (Å²) in [6.45, 7) is 3.29. The molecule has 7 nitrogen and oxygen atoms in total. The Morgan fingerprint density at radius 3 is 2.48 bits per heavy atom. The van der Waals surface area contributed by atoms with Gasteiger partial charge in [0.2, 0.25) is 0 Å². The highest BCUT2D eigenvalue weighted by atomic mass is 35.5. The molecule has 1 N–H and O–H groups in total. The van der Waals surface area contributed by atoms with Crippen LogP contribution in [0.15, 0.2) is 41.3 Å². The first kappa shape index (κ1) is 20.7. The van der Waals surface area contributed by atoms with Crippen LogP contribution in [0.25, 0.3) is 0 Å². The largest absolute Gasteiger partial charge is 0.455 e. The highest BCUT2D eigenvalue weighted by molar-refractivity contribution is 8.00. The second kappa shape index (κ2) is 9.38. The molecular formula is C18H17ClN2O5S. The molecule has 0 spiro atoms. The molecule has 0 unspecified atom stereocenters. The molecule has 2 aromatic carbocycles. The van der Waals surface area contributed by atoms with Crippen molar-refractivity contribution < 1.29 is 19.2 Å². The highest BCUT2D eigenvalue weighted by Crippen LogP contribution is 2.27. The molecule has 0 atom stereocenters. The Labute approximate surface area is 165 Å². The fourth-order valence-corrected chi connectivity index (χ4v) is 3.31. The van der Waals surface area contributed by atoms with Crippen molar-refractivity contribution >= 4 is 46.6 Å². The van der Waals surface area contributed by atoms with Gasteiger partial charge in [0.05, 0.1) is 21.4 Å². The van der Waals surface area contributed by atoms with Gasteiger partial charge < -0.3 is 10.1 Å². The number of nitrogens with zero attached hydrogens (tertiary/aromatic N) is 1. The van der Waals surface area contributed by atoms with Gasteiger partial charge in [0.1, 0.15) is 0 Å². The molecule has 2 rings (SSSR count). The number of benzene rings is 2. The van der Waals surface area contributed by atoms with Crippen molar-refractivity contribution in [3.63, 3.8) is 0 Å². The fraction of sp³-hybridized carbons (Fsp3) is 0.222. The third-order valence-electron chi connectivity index (χ3n) is 3.46. The number of halogens is 1. The predicted molar refractivity (Wildman–Crippen MR) is 104 cm³/mol. The van der Waals surface area contributed by atoms with E-state index in [-0.39, 0.29) is 11.4 Å². The zero-order chi connectivity index (χ0) is 20.0. The van der Waals surface area contributed by atoms with Crippen molar-refractivity contribution in [1.82, 2.24) is 0 Å². The maximum Gasteiger partial charge on any atom is 0.316 e. The standard InChI is InChI=1S/C18H17ClN2O5S/c1-11-7-12(2)18(15(19)8-11)20-16(22)9-26-17(23)10-27-14-5-3-13(4-6-14)21(24)25/h3-8H,9-10H2,1-2H3,(H,20,22). The van der Waals surface area contributed by atoms with Gasteiger partial charge in [0.15, 0.2) is 6.61 Å². The molecule has 0 aromatic heterocycles. The lowest BCUT2D eigenvalue weighted by molar-refractivity contribution is -0.384. The van der Waals surface area contributed by atoms with Crippen LogP contribution >= 0.6 is 23.4 Å². The maximum absolute atomic E-state index is 12.0.